The van der Waals surface area contributed by atoms with Crippen molar-refractivity contribution in [3.8, 4) is 0 Å². The summed E-state index contributed by atoms with van der Waals surface area (Å²) in [6, 6.07) is 2.09. The Bertz CT molecular complexity index is 329. The Hall–Kier alpha value is -0.870. The summed E-state index contributed by atoms with van der Waals surface area (Å²) in [6.45, 7) is 2.50. The van der Waals surface area contributed by atoms with Crippen LogP contribution in [0.4, 0.5) is 0 Å². The molecule has 1 aliphatic rings. The van der Waals surface area contributed by atoms with E-state index in [1.807, 2.05) is 17.9 Å². The van der Waals surface area contributed by atoms with Crippen LogP contribution >= 0.6 is 0 Å². The van der Waals surface area contributed by atoms with Gasteiger partial charge in [0.15, 0.2) is 0 Å². The molecule has 0 unspecified atom stereocenters. The zero-order chi connectivity index (χ0) is 11.4. The van der Waals surface area contributed by atoms with Crippen molar-refractivity contribution in [1.82, 2.24) is 9.78 Å². The fraction of sp³-hybridized carbons (Fsp3) is 0.750. The van der Waals surface area contributed by atoms with E-state index in [2.05, 4.69) is 11.2 Å². The molecule has 16 heavy (non-hydrogen) atoms. The van der Waals surface area contributed by atoms with Crippen molar-refractivity contribution < 1.29 is 4.74 Å². The highest BCUT2D eigenvalue weighted by atomic mass is 16.5. The molecular formula is C12H21N3O. The molecule has 90 valence electrons. The van der Waals surface area contributed by atoms with Crippen LogP contribution in [0.3, 0.4) is 0 Å². The van der Waals surface area contributed by atoms with E-state index in [0.717, 1.165) is 45.4 Å². The van der Waals surface area contributed by atoms with Gasteiger partial charge in [-0.2, -0.15) is 5.10 Å². The van der Waals surface area contributed by atoms with E-state index in [1.54, 1.807) is 0 Å². The summed E-state index contributed by atoms with van der Waals surface area (Å²) < 4.78 is 7.36. The van der Waals surface area contributed by atoms with E-state index in [-0.39, 0.29) is 0 Å². The summed E-state index contributed by atoms with van der Waals surface area (Å²) in [5.41, 5.74) is 7.52. The van der Waals surface area contributed by atoms with Crippen molar-refractivity contribution in [2.75, 3.05) is 19.8 Å². The number of nitrogens with two attached hydrogens (primary N) is 1. The maximum absolute atomic E-state index is 5.94. The molecule has 0 atom stereocenters. The fourth-order valence-corrected chi connectivity index (χ4v) is 2.40. The maximum atomic E-state index is 5.94. The number of hydrogen-bond donors (Lipinski definition) is 1. The Morgan fingerprint density at radius 1 is 1.50 bits per heavy atom. The highest BCUT2D eigenvalue weighted by Gasteiger charge is 2.30. The topological polar surface area (TPSA) is 53.1 Å². The van der Waals surface area contributed by atoms with Gasteiger partial charge in [0, 0.05) is 32.2 Å². The maximum Gasteiger partial charge on any atom is 0.0492 e. The molecule has 1 aromatic heterocycles. The van der Waals surface area contributed by atoms with Gasteiger partial charge in [-0.15, -0.1) is 0 Å². The second kappa shape index (κ2) is 4.97. The minimum Gasteiger partial charge on any atom is -0.381 e. The predicted octanol–water partition coefficient (Wildman–Crippen LogP) is 1.11. The second-order valence-electron chi connectivity index (χ2n) is 4.76. The van der Waals surface area contributed by atoms with E-state index >= 15 is 0 Å². The van der Waals surface area contributed by atoms with Gasteiger partial charge < -0.3 is 10.5 Å². The van der Waals surface area contributed by atoms with Crippen molar-refractivity contribution in [1.29, 1.82) is 0 Å². The van der Waals surface area contributed by atoms with E-state index in [9.17, 15) is 0 Å². The van der Waals surface area contributed by atoms with Crippen molar-refractivity contribution >= 4 is 0 Å². The smallest absolute Gasteiger partial charge is 0.0492 e. The quantitative estimate of drug-likeness (QED) is 0.832. The van der Waals surface area contributed by atoms with Gasteiger partial charge >= 0.3 is 0 Å². The molecule has 1 saturated heterocycles. The second-order valence-corrected chi connectivity index (χ2v) is 4.76. The first-order valence-corrected chi connectivity index (χ1v) is 6.00. The van der Waals surface area contributed by atoms with Crippen LogP contribution in [0.2, 0.25) is 0 Å². The molecule has 4 nitrogen and oxygen atoms in total. The molecule has 4 heteroatoms. The Balaban J connectivity index is 1.94. The van der Waals surface area contributed by atoms with Crippen LogP contribution < -0.4 is 5.73 Å². The van der Waals surface area contributed by atoms with Crippen molar-refractivity contribution in [3.63, 3.8) is 0 Å². The highest BCUT2D eigenvalue weighted by Crippen LogP contribution is 2.34. The molecule has 0 bridgehead atoms. The molecule has 0 amide bonds. The predicted molar refractivity (Wildman–Crippen MR) is 63.1 cm³/mol. The summed E-state index contributed by atoms with van der Waals surface area (Å²) in [6.07, 6.45) is 6.26. The third-order valence-electron chi connectivity index (χ3n) is 3.82. The molecular weight excluding hydrogens is 202 g/mol. The first-order valence-electron chi connectivity index (χ1n) is 6.00. The van der Waals surface area contributed by atoms with Crippen LogP contribution in [0.1, 0.15) is 25.0 Å². The van der Waals surface area contributed by atoms with Crippen LogP contribution in [0.15, 0.2) is 12.3 Å². The average Bonchev–Trinajstić information content (AvgIpc) is 2.74. The number of nitrogens with zero attached hydrogens (tertiary/aromatic N) is 2. The zero-order valence-electron chi connectivity index (χ0n) is 9.98. The lowest BCUT2D eigenvalue weighted by Crippen LogP contribution is -2.37. The van der Waals surface area contributed by atoms with Crippen LogP contribution in [0.5, 0.6) is 0 Å². The van der Waals surface area contributed by atoms with Gasteiger partial charge in [0.2, 0.25) is 0 Å². The molecule has 0 radical (unpaired) electrons. The first kappa shape index (κ1) is 11.6. The Labute approximate surface area is 96.8 Å². The van der Waals surface area contributed by atoms with Gasteiger partial charge in [-0.1, -0.05) is 0 Å². The van der Waals surface area contributed by atoms with Gasteiger partial charge in [0.25, 0.3) is 0 Å². The van der Waals surface area contributed by atoms with Crippen LogP contribution in [-0.4, -0.2) is 29.5 Å². The van der Waals surface area contributed by atoms with Gasteiger partial charge in [-0.25, -0.2) is 0 Å². The van der Waals surface area contributed by atoms with E-state index < -0.39 is 0 Å². The number of rotatable bonds is 4. The molecule has 2 rings (SSSR count). The third-order valence-corrected chi connectivity index (χ3v) is 3.82. The number of aromatic nitrogens is 2. The standard InChI is InChI=1S/C12H21N3O/c1-15-11(3-7-14-15)2-4-12(10-13)5-8-16-9-6-12/h3,7H,2,4-6,8-10,13H2,1H3. The molecule has 2 heterocycles. The number of hydrogen-bond acceptors (Lipinski definition) is 3. The minimum atomic E-state index is 0.294. The molecule has 1 aliphatic heterocycles. The largest absolute Gasteiger partial charge is 0.381 e. The lowest BCUT2D eigenvalue weighted by Gasteiger charge is -2.36. The summed E-state index contributed by atoms with van der Waals surface area (Å²) in [4.78, 5) is 0. The SMILES string of the molecule is Cn1nccc1CCC1(CN)CCOCC1. The normalized spacial score (nSPS) is 19.9. The molecule has 1 fully saturated rings. The van der Waals surface area contributed by atoms with E-state index in [4.69, 9.17) is 10.5 Å². The van der Waals surface area contributed by atoms with Gasteiger partial charge in [-0.3, -0.25) is 4.68 Å². The molecule has 1 aromatic rings. The van der Waals surface area contributed by atoms with Crippen LogP contribution in [-0.2, 0) is 18.2 Å². The first-order chi connectivity index (χ1) is 7.76. The molecule has 0 aliphatic carbocycles. The number of aryl methyl sites for hydroxylation is 2. The van der Waals surface area contributed by atoms with Crippen LogP contribution in [0.25, 0.3) is 0 Å². The summed E-state index contributed by atoms with van der Waals surface area (Å²) in [5.74, 6) is 0. The monoisotopic (exact) mass is 223 g/mol. The molecule has 0 saturated carbocycles. The van der Waals surface area contributed by atoms with Gasteiger partial charge in [0.1, 0.15) is 0 Å². The Kier molecular flexibility index (Phi) is 3.61. The number of ether oxygens (including phenoxy) is 1. The highest BCUT2D eigenvalue weighted by molar-refractivity contribution is 5.01. The van der Waals surface area contributed by atoms with E-state index in [1.165, 1.54) is 5.69 Å². The minimum absolute atomic E-state index is 0.294. The lowest BCUT2D eigenvalue weighted by molar-refractivity contribution is 0.0147. The van der Waals surface area contributed by atoms with Gasteiger partial charge in [-0.05, 0) is 43.7 Å². The van der Waals surface area contributed by atoms with Crippen LogP contribution in [0, 0.1) is 5.41 Å². The van der Waals surface area contributed by atoms with E-state index in [0.29, 0.717) is 5.41 Å². The Morgan fingerprint density at radius 3 is 2.81 bits per heavy atom. The summed E-state index contributed by atoms with van der Waals surface area (Å²) >= 11 is 0. The average molecular weight is 223 g/mol. The Morgan fingerprint density at radius 2 is 2.25 bits per heavy atom. The molecule has 2 N–H and O–H groups in total. The third kappa shape index (κ3) is 2.44. The molecule has 0 aromatic carbocycles. The summed E-state index contributed by atoms with van der Waals surface area (Å²) in [5, 5.41) is 4.19. The van der Waals surface area contributed by atoms with Crippen molar-refractivity contribution in [2.45, 2.75) is 25.7 Å². The molecule has 0 spiro atoms. The van der Waals surface area contributed by atoms with Crippen molar-refractivity contribution in [3.05, 3.63) is 18.0 Å². The van der Waals surface area contributed by atoms with Gasteiger partial charge in [0.05, 0.1) is 0 Å². The van der Waals surface area contributed by atoms with Crippen molar-refractivity contribution in [2.24, 2.45) is 18.2 Å². The summed E-state index contributed by atoms with van der Waals surface area (Å²) in [7, 11) is 1.99. The fourth-order valence-electron chi connectivity index (χ4n) is 2.40. The zero-order valence-corrected chi connectivity index (χ0v) is 9.98. The lowest BCUT2D eigenvalue weighted by atomic mass is 9.76.